The Balaban J connectivity index is 0.000000636. The lowest BCUT2D eigenvalue weighted by Crippen LogP contribution is -2.38. The van der Waals surface area contributed by atoms with Gasteiger partial charge in [-0.15, -0.1) is 0 Å². The van der Waals surface area contributed by atoms with Crippen molar-refractivity contribution >= 4 is 46.6 Å². The molecule has 0 unspecified atom stereocenters. The first kappa shape index (κ1) is 25.1. The number of aliphatic carboxylic acids is 1. The average Bonchev–Trinajstić information content (AvgIpc) is 3.34. The van der Waals surface area contributed by atoms with Crippen LogP contribution in [0.15, 0.2) is 64.6 Å². The van der Waals surface area contributed by atoms with Gasteiger partial charge in [-0.1, -0.05) is 30.3 Å². The van der Waals surface area contributed by atoms with Crippen molar-refractivity contribution < 1.29 is 33.7 Å². The van der Waals surface area contributed by atoms with Crippen LogP contribution in [0, 0.1) is 0 Å². The molecular weight excluding hydrogens is 461 g/mol. The van der Waals surface area contributed by atoms with E-state index in [1.54, 1.807) is 11.3 Å². The van der Waals surface area contributed by atoms with E-state index in [-0.39, 0.29) is 40.4 Å². The van der Waals surface area contributed by atoms with Crippen molar-refractivity contribution in [2.45, 2.75) is 25.7 Å². The molecule has 0 fully saturated rings. The second kappa shape index (κ2) is 12.0. The Kier molecular flexibility index (Phi) is 9.42. The summed E-state index contributed by atoms with van der Waals surface area (Å²) >= 11 is 7.65. The minimum Gasteiger partial charge on any atom is -0.485 e. The number of rotatable bonds is 6. The molecule has 1 aromatic heterocycles. The largest absolute Gasteiger partial charge is 0.485 e. The van der Waals surface area contributed by atoms with E-state index in [9.17, 15) is 29.0 Å². The third-order valence-corrected chi connectivity index (χ3v) is 5.30. The van der Waals surface area contributed by atoms with Gasteiger partial charge >= 0.3 is 12.1 Å². The lowest BCUT2D eigenvalue weighted by atomic mass is 9.91. The highest BCUT2D eigenvalue weighted by Gasteiger charge is 2.31. The Bertz CT molecular complexity index is 1000. The van der Waals surface area contributed by atoms with Gasteiger partial charge in [0.25, 0.3) is 5.91 Å². The highest BCUT2D eigenvalue weighted by molar-refractivity contribution is 7.07. The summed E-state index contributed by atoms with van der Waals surface area (Å²) in [4.78, 5) is 36.3. The van der Waals surface area contributed by atoms with Gasteiger partial charge in [0.2, 0.25) is 0 Å². The van der Waals surface area contributed by atoms with E-state index in [1.165, 1.54) is 18.2 Å². The van der Waals surface area contributed by atoms with Gasteiger partial charge in [-0.05, 0) is 48.6 Å². The number of carboxylic acids is 1. The van der Waals surface area contributed by atoms with Gasteiger partial charge in [-0.3, -0.25) is 4.79 Å². The predicted octanol–water partition coefficient (Wildman–Crippen LogP) is 5.92. The molecule has 1 aliphatic rings. The average molecular weight is 482 g/mol. The smallest absolute Gasteiger partial charge is 0.419 e. The third-order valence-electron chi connectivity index (χ3n) is 4.36. The number of carboxylic acid groups (broad SMARTS) is 2. The quantitative estimate of drug-likeness (QED) is 0.531. The summed E-state index contributed by atoms with van der Waals surface area (Å²) in [6, 6.07) is 7.77. The number of imide groups is 1. The normalized spacial score (nSPS) is 12.9. The fourth-order valence-electron chi connectivity index (χ4n) is 2.95. The third kappa shape index (κ3) is 6.93. The van der Waals surface area contributed by atoms with Crippen molar-refractivity contribution in [2.24, 2.45) is 0 Å². The van der Waals surface area contributed by atoms with Gasteiger partial charge in [-0.2, -0.15) is 11.3 Å². The zero-order chi connectivity index (χ0) is 23.7. The molecule has 1 aromatic carbocycles. The van der Waals surface area contributed by atoms with Crippen molar-refractivity contribution in [3.8, 4) is 5.75 Å². The van der Waals surface area contributed by atoms with Crippen LogP contribution in [0.3, 0.4) is 0 Å². The van der Waals surface area contributed by atoms with Gasteiger partial charge in [-0.25, -0.2) is 18.9 Å². The van der Waals surface area contributed by atoms with Crippen LogP contribution in [0.4, 0.5) is 14.9 Å². The maximum Gasteiger partial charge on any atom is 0.419 e. The van der Waals surface area contributed by atoms with Gasteiger partial charge in [0.15, 0.2) is 0 Å². The number of thiophene rings is 1. The zero-order valence-electron chi connectivity index (χ0n) is 16.9. The van der Waals surface area contributed by atoms with Crippen molar-refractivity contribution in [3.05, 3.63) is 69.7 Å². The first-order valence-electron chi connectivity index (χ1n) is 9.47. The van der Waals surface area contributed by atoms with Gasteiger partial charge < -0.3 is 14.9 Å². The number of anilines is 1. The minimum atomic E-state index is -1.59. The number of amides is 2. The Morgan fingerprint density at radius 3 is 2.25 bits per heavy atom. The van der Waals surface area contributed by atoms with E-state index in [0.29, 0.717) is 17.7 Å². The number of carbonyl (C=O) groups is 3. The first-order valence-corrected chi connectivity index (χ1v) is 10.8. The molecule has 0 aliphatic heterocycles. The van der Waals surface area contributed by atoms with E-state index in [2.05, 4.69) is 6.58 Å². The number of hydrogen-bond acceptors (Lipinski definition) is 5. The van der Waals surface area contributed by atoms with Crippen LogP contribution < -0.4 is 9.64 Å². The van der Waals surface area contributed by atoms with E-state index in [0.717, 1.165) is 0 Å². The highest BCUT2D eigenvalue weighted by Crippen LogP contribution is 2.33. The standard InChI is InChI=1S/C18H17ClFNO6.C4H4S/c1-10(20)9-27-15-8-11(6-7-14(15)19)21(18(25)26)16(22)12-4-2-3-5-13(12)17(23)24;1-2-4-5-3-1/h6-8H,1-5,9H2,(H,23,24)(H,25,26);1-4H. The molecule has 0 saturated heterocycles. The molecular formula is C22H21ClFNO6S. The lowest BCUT2D eigenvalue weighted by molar-refractivity contribution is -0.133. The molecule has 170 valence electrons. The fourth-order valence-corrected chi connectivity index (χ4v) is 3.58. The van der Waals surface area contributed by atoms with Crippen LogP contribution in [0.1, 0.15) is 25.7 Å². The molecule has 3 rings (SSSR count). The van der Waals surface area contributed by atoms with Crippen LogP contribution in [-0.2, 0) is 9.59 Å². The molecule has 0 saturated carbocycles. The summed E-state index contributed by atoms with van der Waals surface area (Å²) in [5.74, 6) is -2.99. The second-order valence-corrected chi connectivity index (χ2v) is 7.83. The van der Waals surface area contributed by atoms with Gasteiger partial charge in [0.1, 0.15) is 18.2 Å². The van der Waals surface area contributed by atoms with E-state index < -0.39 is 30.4 Å². The molecule has 10 heteroatoms. The monoisotopic (exact) mass is 481 g/mol. The SMILES string of the molecule is C=C(F)COc1cc(N(C(=O)O)C(=O)C2=C(C(=O)O)CCCC2)ccc1Cl.c1ccsc1. The molecule has 2 amide bonds. The molecule has 0 spiro atoms. The van der Waals surface area contributed by atoms with Gasteiger partial charge in [0, 0.05) is 17.2 Å². The number of hydrogen-bond donors (Lipinski definition) is 2. The molecule has 7 nitrogen and oxygen atoms in total. The van der Waals surface area contributed by atoms with Crippen LogP contribution in [0.5, 0.6) is 5.75 Å². The van der Waals surface area contributed by atoms with E-state index in [1.807, 2.05) is 22.9 Å². The van der Waals surface area contributed by atoms with Crippen molar-refractivity contribution in [1.29, 1.82) is 0 Å². The van der Waals surface area contributed by atoms with Crippen molar-refractivity contribution in [1.82, 2.24) is 0 Å². The summed E-state index contributed by atoms with van der Waals surface area (Å²) in [6.07, 6.45) is -0.0393. The maximum atomic E-state index is 12.8. The predicted molar refractivity (Wildman–Crippen MR) is 120 cm³/mol. The number of halogens is 2. The topological polar surface area (TPSA) is 104 Å². The first-order chi connectivity index (χ1) is 15.2. The van der Waals surface area contributed by atoms with Crippen LogP contribution in [0.2, 0.25) is 5.02 Å². The molecule has 32 heavy (non-hydrogen) atoms. The van der Waals surface area contributed by atoms with Crippen LogP contribution in [0.25, 0.3) is 0 Å². The molecule has 1 heterocycles. The zero-order valence-corrected chi connectivity index (χ0v) is 18.5. The van der Waals surface area contributed by atoms with Gasteiger partial charge in [0.05, 0.1) is 10.7 Å². The Hall–Kier alpha value is -3.17. The molecule has 1 aliphatic carbocycles. The van der Waals surface area contributed by atoms with E-state index in [4.69, 9.17) is 16.3 Å². The Morgan fingerprint density at radius 1 is 1.12 bits per heavy atom. The fraction of sp³-hybridized carbons (Fsp3) is 0.227. The number of nitrogens with zero attached hydrogens (tertiary/aromatic N) is 1. The number of ether oxygens (including phenoxy) is 1. The summed E-state index contributed by atoms with van der Waals surface area (Å²) in [5, 5.41) is 23.0. The number of carbonyl (C=O) groups excluding carboxylic acids is 1. The molecule has 2 aromatic rings. The molecule has 0 atom stereocenters. The van der Waals surface area contributed by atoms with Crippen LogP contribution in [-0.4, -0.2) is 34.8 Å². The molecule has 0 bridgehead atoms. The minimum absolute atomic E-state index is 0.0388. The maximum absolute atomic E-state index is 12.8. The van der Waals surface area contributed by atoms with E-state index >= 15 is 0 Å². The summed E-state index contributed by atoms with van der Waals surface area (Å²) in [6.45, 7) is 2.56. The summed E-state index contributed by atoms with van der Waals surface area (Å²) in [7, 11) is 0. The Morgan fingerprint density at radius 2 is 1.75 bits per heavy atom. The van der Waals surface area contributed by atoms with Crippen molar-refractivity contribution in [3.63, 3.8) is 0 Å². The molecule has 2 N–H and O–H groups in total. The number of benzene rings is 1. The lowest BCUT2D eigenvalue weighted by Gasteiger charge is -2.23. The second-order valence-electron chi connectivity index (χ2n) is 6.61. The van der Waals surface area contributed by atoms with Crippen LogP contribution >= 0.6 is 22.9 Å². The summed E-state index contributed by atoms with van der Waals surface area (Å²) < 4.78 is 17.9. The van der Waals surface area contributed by atoms with Crippen molar-refractivity contribution in [2.75, 3.05) is 11.5 Å². The highest BCUT2D eigenvalue weighted by atomic mass is 35.5. The Labute approximate surface area is 193 Å². The summed E-state index contributed by atoms with van der Waals surface area (Å²) in [5.41, 5.74) is -0.235. The molecule has 0 radical (unpaired) electrons.